The number of anilines is 1. The summed E-state index contributed by atoms with van der Waals surface area (Å²) in [6.07, 6.45) is -2.38. The van der Waals surface area contributed by atoms with Gasteiger partial charge < -0.3 is 20.2 Å². The quantitative estimate of drug-likeness (QED) is 0.781. The number of carbonyl (C=O) groups is 3. The summed E-state index contributed by atoms with van der Waals surface area (Å²) >= 11 is 6.00. The average molecular weight is 426 g/mol. The highest BCUT2D eigenvalue weighted by molar-refractivity contribution is 6.31. The van der Waals surface area contributed by atoms with Crippen LogP contribution in [-0.4, -0.2) is 47.2 Å². The minimum atomic E-state index is -1.38. The van der Waals surface area contributed by atoms with Gasteiger partial charge in [-0.1, -0.05) is 11.6 Å². The second-order valence-electron chi connectivity index (χ2n) is 7.78. The maximum Gasteiger partial charge on any atom is 0.411 e. The molecule has 2 heterocycles. The van der Waals surface area contributed by atoms with Crippen molar-refractivity contribution in [3.8, 4) is 0 Å². The predicted molar refractivity (Wildman–Crippen MR) is 105 cm³/mol. The van der Waals surface area contributed by atoms with Crippen molar-refractivity contribution >= 4 is 46.2 Å². The molecular weight excluding hydrogens is 405 g/mol. The number of furan rings is 1. The minimum absolute atomic E-state index is 0.0199. The van der Waals surface area contributed by atoms with Crippen LogP contribution in [0.4, 0.5) is 14.9 Å². The van der Waals surface area contributed by atoms with Crippen LogP contribution in [-0.2, 0) is 9.53 Å². The van der Waals surface area contributed by atoms with Crippen LogP contribution in [0.5, 0.6) is 0 Å². The third kappa shape index (κ3) is 4.45. The Morgan fingerprint density at radius 2 is 2.03 bits per heavy atom. The van der Waals surface area contributed by atoms with Gasteiger partial charge in [-0.15, -0.1) is 0 Å². The lowest BCUT2D eigenvalue weighted by Gasteiger charge is -2.27. The SMILES string of the molecule is CC(C)(C)OC(=O)N1C[C@H](F)C[C@H]1C(=O)Nc1c(C(N)=O)oc2ccc(Cl)cc12. The van der Waals surface area contributed by atoms with Crippen LogP contribution in [0.3, 0.4) is 0 Å². The Morgan fingerprint density at radius 3 is 2.66 bits per heavy atom. The number of benzene rings is 1. The first-order chi connectivity index (χ1) is 13.5. The Hall–Kier alpha value is -2.81. The summed E-state index contributed by atoms with van der Waals surface area (Å²) in [7, 11) is 0. The zero-order chi connectivity index (χ0) is 21.5. The van der Waals surface area contributed by atoms with E-state index in [1.54, 1.807) is 26.8 Å². The van der Waals surface area contributed by atoms with Gasteiger partial charge in [-0.25, -0.2) is 9.18 Å². The standard InChI is InChI=1S/C19H21ClFN3O5/c1-19(2,3)29-18(27)24-8-10(21)7-12(24)17(26)23-14-11-6-9(20)4-5-13(11)28-15(14)16(22)25/h4-6,10,12H,7-8H2,1-3H3,(H2,22,25)(H,23,26)/t10-,12+/m1/s1. The Balaban J connectivity index is 1.91. The lowest BCUT2D eigenvalue weighted by molar-refractivity contribution is -0.120. The summed E-state index contributed by atoms with van der Waals surface area (Å²) < 4.78 is 24.7. The minimum Gasteiger partial charge on any atom is -0.449 e. The first kappa shape index (κ1) is 20.9. The average Bonchev–Trinajstić information content (AvgIpc) is 3.14. The van der Waals surface area contributed by atoms with E-state index < -0.39 is 35.7 Å². The largest absolute Gasteiger partial charge is 0.449 e. The van der Waals surface area contributed by atoms with Gasteiger partial charge in [0.1, 0.15) is 29.1 Å². The molecule has 0 aliphatic carbocycles. The molecule has 3 amide bonds. The number of fused-ring (bicyclic) bond motifs is 1. The molecule has 2 atom stereocenters. The highest BCUT2D eigenvalue weighted by atomic mass is 35.5. The van der Waals surface area contributed by atoms with E-state index >= 15 is 0 Å². The van der Waals surface area contributed by atoms with Crippen LogP contribution in [0.15, 0.2) is 22.6 Å². The molecule has 0 saturated carbocycles. The monoisotopic (exact) mass is 425 g/mol. The summed E-state index contributed by atoms with van der Waals surface area (Å²) in [6.45, 7) is 4.74. The predicted octanol–water partition coefficient (Wildman–Crippen LogP) is 3.47. The number of alkyl halides is 1. The van der Waals surface area contributed by atoms with Crippen molar-refractivity contribution in [2.45, 2.75) is 45.0 Å². The van der Waals surface area contributed by atoms with Crippen molar-refractivity contribution in [2.75, 3.05) is 11.9 Å². The van der Waals surface area contributed by atoms with Gasteiger partial charge in [0.05, 0.1) is 6.54 Å². The van der Waals surface area contributed by atoms with E-state index in [2.05, 4.69) is 5.32 Å². The number of hydrogen-bond acceptors (Lipinski definition) is 5. The summed E-state index contributed by atoms with van der Waals surface area (Å²) in [6, 6.07) is 3.46. The van der Waals surface area contributed by atoms with Crippen LogP contribution in [0, 0.1) is 0 Å². The van der Waals surface area contributed by atoms with Crippen molar-refractivity contribution in [3.05, 3.63) is 29.0 Å². The fourth-order valence-corrected chi connectivity index (χ4v) is 3.30. The molecule has 0 unspecified atom stereocenters. The van der Waals surface area contributed by atoms with E-state index in [0.717, 1.165) is 4.90 Å². The molecule has 0 bridgehead atoms. The van der Waals surface area contributed by atoms with Crippen molar-refractivity contribution in [2.24, 2.45) is 5.73 Å². The number of nitrogens with two attached hydrogens (primary N) is 1. The van der Waals surface area contributed by atoms with E-state index in [-0.39, 0.29) is 30.0 Å². The maximum atomic E-state index is 14.0. The number of rotatable bonds is 3. The third-order valence-corrected chi connectivity index (χ3v) is 4.54. The van der Waals surface area contributed by atoms with Gasteiger partial charge >= 0.3 is 6.09 Å². The van der Waals surface area contributed by atoms with Gasteiger partial charge in [-0.05, 0) is 39.0 Å². The molecule has 8 nitrogen and oxygen atoms in total. The van der Waals surface area contributed by atoms with Crippen molar-refractivity contribution in [3.63, 3.8) is 0 Å². The van der Waals surface area contributed by atoms with E-state index in [9.17, 15) is 18.8 Å². The number of primary amides is 1. The Bertz CT molecular complexity index is 984. The lowest BCUT2D eigenvalue weighted by atomic mass is 10.1. The molecule has 1 saturated heterocycles. The summed E-state index contributed by atoms with van der Waals surface area (Å²) in [4.78, 5) is 38.1. The molecule has 3 rings (SSSR count). The molecule has 0 radical (unpaired) electrons. The molecule has 0 spiro atoms. The highest BCUT2D eigenvalue weighted by Crippen LogP contribution is 2.34. The van der Waals surface area contributed by atoms with E-state index in [1.165, 1.54) is 12.1 Å². The van der Waals surface area contributed by atoms with Crippen LogP contribution in [0.2, 0.25) is 5.02 Å². The van der Waals surface area contributed by atoms with E-state index in [4.69, 9.17) is 26.5 Å². The van der Waals surface area contributed by atoms with Crippen molar-refractivity contribution in [1.29, 1.82) is 0 Å². The molecule has 1 aromatic carbocycles. The number of nitrogens with one attached hydrogen (secondary N) is 1. The molecule has 1 fully saturated rings. The normalized spacial score (nSPS) is 19.4. The number of nitrogens with zero attached hydrogens (tertiary/aromatic N) is 1. The zero-order valence-electron chi connectivity index (χ0n) is 16.1. The van der Waals surface area contributed by atoms with E-state index in [0.29, 0.717) is 10.4 Å². The van der Waals surface area contributed by atoms with Crippen LogP contribution in [0.25, 0.3) is 11.0 Å². The maximum absolute atomic E-state index is 14.0. The third-order valence-electron chi connectivity index (χ3n) is 4.30. The van der Waals surface area contributed by atoms with Gasteiger partial charge in [-0.3, -0.25) is 14.5 Å². The number of amides is 3. The van der Waals surface area contributed by atoms with Crippen LogP contribution < -0.4 is 11.1 Å². The molecule has 1 aromatic heterocycles. The van der Waals surface area contributed by atoms with Crippen LogP contribution in [0.1, 0.15) is 37.7 Å². The second-order valence-corrected chi connectivity index (χ2v) is 8.22. The molecule has 156 valence electrons. The van der Waals surface area contributed by atoms with Gasteiger partial charge in [0.25, 0.3) is 5.91 Å². The first-order valence-corrected chi connectivity index (χ1v) is 9.30. The van der Waals surface area contributed by atoms with Gasteiger partial charge in [0.2, 0.25) is 11.7 Å². The number of ether oxygens (including phenoxy) is 1. The number of likely N-dealkylation sites (tertiary alicyclic amines) is 1. The summed E-state index contributed by atoms with van der Waals surface area (Å²) in [5, 5.41) is 3.26. The molecular formula is C19H21ClFN3O5. The van der Waals surface area contributed by atoms with Crippen molar-refractivity contribution < 1.29 is 27.9 Å². The molecule has 29 heavy (non-hydrogen) atoms. The first-order valence-electron chi connectivity index (χ1n) is 8.92. The van der Waals surface area contributed by atoms with Gasteiger partial charge in [0.15, 0.2) is 0 Å². The highest BCUT2D eigenvalue weighted by Gasteiger charge is 2.42. The molecule has 1 aliphatic rings. The lowest BCUT2D eigenvalue weighted by Crippen LogP contribution is -2.45. The second kappa shape index (κ2) is 7.55. The van der Waals surface area contributed by atoms with Crippen molar-refractivity contribution in [1.82, 2.24) is 4.90 Å². The molecule has 2 aromatic rings. The Labute approximate surface area is 171 Å². The van der Waals surface area contributed by atoms with Gasteiger partial charge in [0, 0.05) is 16.8 Å². The Kier molecular flexibility index (Phi) is 5.44. The van der Waals surface area contributed by atoms with E-state index in [1.807, 2.05) is 0 Å². The summed E-state index contributed by atoms with van der Waals surface area (Å²) in [5.41, 5.74) is 4.86. The molecule has 10 heteroatoms. The molecule has 1 aliphatic heterocycles. The molecule has 3 N–H and O–H groups in total. The number of halogens is 2. The van der Waals surface area contributed by atoms with Crippen LogP contribution >= 0.6 is 11.6 Å². The number of hydrogen-bond donors (Lipinski definition) is 2. The smallest absolute Gasteiger partial charge is 0.411 e. The number of carbonyl (C=O) groups excluding carboxylic acids is 3. The van der Waals surface area contributed by atoms with Gasteiger partial charge in [-0.2, -0.15) is 0 Å². The topological polar surface area (TPSA) is 115 Å². The summed E-state index contributed by atoms with van der Waals surface area (Å²) in [5.74, 6) is -1.86. The zero-order valence-corrected chi connectivity index (χ0v) is 16.9. The Morgan fingerprint density at radius 1 is 1.34 bits per heavy atom. The fourth-order valence-electron chi connectivity index (χ4n) is 3.13. The fraction of sp³-hybridized carbons (Fsp3) is 0.421.